The zero-order valence-corrected chi connectivity index (χ0v) is 23.4. The fourth-order valence-electron chi connectivity index (χ4n) is 5.08. The summed E-state index contributed by atoms with van der Waals surface area (Å²) < 4.78 is 23.9. The van der Waals surface area contributed by atoms with E-state index in [1.807, 2.05) is 36.4 Å². The maximum absolute atomic E-state index is 12.1. The maximum Gasteiger partial charge on any atom is 0.303 e. The van der Waals surface area contributed by atoms with Gasteiger partial charge in [0.05, 0.1) is 6.33 Å². The molecule has 1 saturated heterocycles. The maximum atomic E-state index is 12.1. The van der Waals surface area contributed by atoms with E-state index >= 15 is 0 Å². The van der Waals surface area contributed by atoms with E-state index in [2.05, 4.69) is 44.5 Å². The van der Waals surface area contributed by atoms with Crippen LogP contribution >= 0.6 is 0 Å². The van der Waals surface area contributed by atoms with Crippen molar-refractivity contribution < 1.29 is 33.3 Å². The lowest BCUT2D eigenvalue weighted by molar-refractivity contribution is -0.166. The Hall–Kier alpha value is -4.84. The van der Waals surface area contributed by atoms with Gasteiger partial charge >= 0.3 is 17.9 Å². The first-order chi connectivity index (χ1) is 20.3. The molecule has 0 aliphatic carbocycles. The van der Waals surface area contributed by atoms with Gasteiger partial charge < -0.3 is 24.3 Å². The lowest BCUT2D eigenvalue weighted by Gasteiger charge is -2.23. The highest BCUT2D eigenvalue weighted by Gasteiger charge is 2.51. The Morgan fingerprint density at radius 1 is 0.857 bits per heavy atom. The van der Waals surface area contributed by atoms with Crippen LogP contribution < -0.4 is 5.32 Å². The quantitative estimate of drug-likeness (QED) is 0.220. The van der Waals surface area contributed by atoms with E-state index in [9.17, 15) is 14.4 Å². The van der Waals surface area contributed by atoms with Crippen LogP contribution in [0.15, 0.2) is 73.3 Å². The molecule has 1 aliphatic rings. The van der Waals surface area contributed by atoms with Crippen LogP contribution in [0, 0.1) is 0 Å². The monoisotopic (exact) mass is 573 g/mol. The minimum atomic E-state index is -1.06. The van der Waals surface area contributed by atoms with Gasteiger partial charge in [0.15, 0.2) is 35.4 Å². The van der Waals surface area contributed by atoms with E-state index in [1.54, 1.807) is 4.57 Å². The summed E-state index contributed by atoms with van der Waals surface area (Å²) in [6, 6.07) is 20.3. The second kappa shape index (κ2) is 12.8. The van der Waals surface area contributed by atoms with Crippen molar-refractivity contribution in [2.45, 2.75) is 51.2 Å². The molecule has 0 radical (unpaired) electrons. The minimum Gasteiger partial charge on any atom is -0.463 e. The van der Waals surface area contributed by atoms with Gasteiger partial charge in [-0.25, -0.2) is 15.0 Å². The number of aromatic nitrogens is 4. The molecule has 0 amide bonds. The van der Waals surface area contributed by atoms with Crippen molar-refractivity contribution in [2.24, 2.45) is 0 Å². The summed E-state index contributed by atoms with van der Waals surface area (Å²) in [7, 11) is 0. The van der Waals surface area contributed by atoms with Gasteiger partial charge in [-0.1, -0.05) is 60.7 Å². The van der Waals surface area contributed by atoms with Gasteiger partial charge in [0.25, 0.3) is 0 Å². The van der Waals surface area contributed by atoms with E-state index in [1.165, 1.54) is 33.4 Å². The van der Waals surface area contributed by atoms with Crippen LogP contribution in [0.1, 0.15) is 44.0 Å². The van der Waals surface area contributed by atoms with Gasteiger partial charge in [-0.3, -0.25) is 19.0 Å². The Balaban J connectivity index is 1.45. The molecule has 0 spiro atoms. The first kappa shape index (κ1) is 28.7. The van der Waals surface area contributed by atoms with Gasteiger partial charge in [-0.2, -0.15) is 0 Å². The SMILES string of the molecule is CC(=O)OC[C@H]1O[C@@H](n2cnc3c(NCC(c4ccccc4)c4ccccc4)ncnc32)[C@H](OC(C)=O)[C@@H]1OC(C)=O. The average molecular weight is 574 g/mol. The van der Waals surface area contributed by atoms with E-state index in [4.69, 9.17) is 18.9 Å². The van der Waals surface area contributed by atoms with E-state index in [0.717, 1.165) is 11.1 Å². The zero-order valence-electron chi connectivity index (χ0n) is 23.4. The highest BCUT2D eigenvalue weighted by atomic mass is 16.7. The third-order valence-electron chi connectivity index (χ3n) is 6.85. The van der Waals surface area contributed by atoms with Crippen LogP contribution in [0.25, 0.3) is 11.2 Å². The molecule has 1 fully saturated rings. The van der Waals surface area contributed by atoms with Crippen molar-refractivity contribution in [1.29, 1.82) is 0 Å². The molecule has 42 heavy (non-hydrogen) atoms. The van der Waals surface area contributed by atoms with Gasteiger partial charge in [0, 0.05) is 33.2 Å². The highest BCUT2D eigenvalue weighted by molar-refractivity contribution is 5.82. The topological polar surface area (TPSA) is 144 Å². The molecular weight excluding hydrogens is 542 g/mol. The standard InChI is InChI=1S/C30H31N5O7/c1-18(36)39-15-24-26(40-19(2)37)27(41-20(3)38)30(42-24)35-17-34-25-28(32-16-33-29(25)35)31-14-23(21-10-6-4-7-11-21)22-12-8-5-9-13-22/h4-13,16-17,23-24,26-27,30H,14-15H2,1-3H3,(H,31,32,33)/t24-,26-,27-,30-/m1/s1. The average Bonchev–Trinajstić information content (AvgIpc) is 3.54. The number of anilines is 1. The van der Waals surface area contributed by atoms with Crippen LogP contribution in [-0.2, 0) is 33.3 Å². The molecule has 0 bridgehead atoms. The third-order valence-corrected chi connectivity index (χ3v) is 6.85. The molecule has 218 valence electrons. The molecular formula is C30H31N5O7. The summed E-state index contributed by atoms with van der Waals surface area (Å²) in [5.41, 5.74) is 3.16. The summed E-state index contributed by atoms with van der Waals surface area (Å²) in [6.07, 6.45) is -1.08. The molecule has 0 unspecified atom stereocenters. The first-order valence-electron chi connectivity index (χ1n) is 13.5. The molecule has 4 aromatic rings. The van der Waals surface area contributed by atoms with Crippen LogP contribution in [0.2, 0.25) is 0 Å². The van der Waals surface area contributed by atoms with Crippen molar-refractivity contribution in [3.05, 3.63) is 84.4 Å². The minimum absolute atomic E-state index is 0.0394. The number of fused-ring (bicyclic) bond motifs is 1. The fourth-order valence-corrected chi connectivity index (χ4v) is 5.08. The Labute approximate surface area is 242 Å². The van der Waals surface area contributed by atoms with Gasteiger partial charge in [-0.15, -0.1) is 0 Å². The molecule has 2 aromatic heterocycles. The predicted molar refractivity (Wildman–Crippen MR) is 150 cm³/mol. The van der Waals surface area contributed by atoms with Crippen molar-refractivity contribution >= 4 is 34.9 Å². The summed E-state index contributed by atoms with van der Waals surface area (Å²) in [5, 5.41) is 3.43. The molecule has 2 aromatic carbocycles. The van der Waals surface area contributed by atoms with Crippen molar-refractivity contribution in [2.75, 3.05) is 18.5 Å². The smallest absolute Gasteiger partial charge is 0.303 e. The Morgan fingerprint density at radius 2 is 1.48 bits per heavy atom. The summed E-state index contributed by atoms with van der Waals surface area (Å²) in [4.78, 5) is 48.9. The second-order valence-electron chi connectivity index (χ2n) is 9.82. The Kier molecular flexibility index (Phi) is 8.72. The molecule has 3 heterocycles. The molecule has 1 aliphatic heterocycles. The number of nitrogens with zero attached hydrogens (tertiary/aromatic N) is 4. The van der Waals surface area contributed by atoms with E-state index in [-0.39, 0.29) is 12.5 Å². The first-order valence-corrected chi connectivity index (χ1v) is 13.5. The number of hydrogen-bond acceptors (Lipinski definition) is 11. The number of nitrogens with one attached hydrogen (secondary N) is 1. The number of hydrogen-bond donors (Lipinski definition) is 1. The lowest BCUT2D eigenvalue weighted by atomic mass is 9.91. The number of benzene rings is 2. The van der Waals surface area contributed by atoms with Crippen molar-refractivity contribution in [3.8, 4) is 0 Å². The lowest BCUT2D eigenvalue weighted by Crippen LogP contribution is -2.40. The number of ether oxygens (including phenoxy) is 4. The number of carbonyl (C=O) groups excluding carboxylic acids is 3. The third kappa shape index (κ3) is 6.39. The predicted octanol–water partition coefficient (Wildman–Crippen LogP) is 3.39. The number of carbonyl (C=O) groups is 3. The second-order valence-corrected chi connectivity index (χ2v) is 9.82. The normalized spacial score (nSPS) is 19.9. The van der Waals surface area contributed by atoms with E-state index in [0.29, 0.717) is 23.5 Å². The summed E-state index contributed by atoms with van der Waals surface area (Å²) in [5.74, 6) is -1.20. The van der Waals surface area contributed by atoms with Crippen molar-refractivity contribution in [1.82, 2.24) is 19.5 Å². The molecule has 12 heteroatoms. The number of esters is 3. The number of rotatable bonds is 10. The van der Waals surface area contributed by atoms with Crippen LogP contribution in [0.3, 0.4) is 0 Å². The molecule has 12 nitrogen and oxygen atoms in total. The Morgan fingerprint density at radius 3 is 2.07 bits per heavy atom. The van der Waals surface area contributed by atoms with E-state index < -0.39 is 42.4 Å². The Bertz CT molecular complexity index is 1510. The van der Waals surface area contributed by atoms with Crippen LogP contribution in [0.5, 0.6) is 0 Å². The van der Waals surface area contributed by atoms with Gasteiger partial charge in [0.2, 0.25) is 0 Å². The largest absolute Gasteiger partial charge is 0.463 e. The highest BCUT2D eigenvalue weighted by Crippen LogP contribution is 2.36. The number of imidazole rings is 1. The summed E-state index contributed by atoms with van der Waals surface area (Å²) >= 11 is 0. The van der Waals surface area contributed by atoms with Crippen LogP contribution in [0.4, 0.5) is 5.82 Å². The summed E-state index contributed by atoms with van der Waals surface area (Å²) in [6.45, 7) is 4.05. The van der Waals surface area contributed by atoms with Crippen LogP contribution in [-0.4, -0.2) is 68.9 Å². The molecule has 4 atom stereocenters. The van der Waals surface area contributed by atoms with Gasteiger partial charge in [-0.05, 0) is 11.1 Å². The fraction of sp³-hybridized carbons (Fsp3) is 0.333. The zero-order chi connectivity index (χ0) is 29.6. The molecule has 0 saturated carbocycles. The molecule has 1 N–H and O–H groups in total. The van der Waals surface area contributed by atoms with Gasteiger partial charge in [0.1, 0.15) is 19.0 Å². The molecule has 5 rings (SSSR count). The van der Waals surface area contributed by atoms with Crippen molar-refractivity contribution in [3.63, 3.8) is 0 Å².